The fourth-order valence-electron chi connectivity index (χ4n) is 1.10. The van der Waals surface area contributed by atoms with Crippen molar-refractivity contribution in [3.8, 4) is 0 Å². The molecule has 0 aromatic carbocycles. The Kier molecular flexibility index (Phi) is 1.97. The third-order valence-electron chi connectivity index (χ3n) is 1.85. The summed E-state index contributed by atoms with van der Waals surface area (Å²) in [6.07, 6.45) is 1.24. The zero-order valence-corrected chi connectivity index (χ0v) is 8.85. The number of imidazole rings is 1. The number of nitrogens with one attached hydrogen (secondary N) is 2. The molecule has 84 valence electrons. The molecule has 0 fully saturated rings. The molecule has 1 aromatic heterocycles. The molecule has 6 heteroatoms. The molecular weight excluding hydrogens is 214 g/mol. The van der Waals surface area contributed by atoms with Crippen molar-refractivity contribution >= 4 is 18.2 Å². The van der Waals surface area contributed by atoms with Crippen LogP contribution in [-0.2, 0) is 16.0 Å². The van der Waals surface area contributed by atoms with Crippen LogP contribution in [0.4, 0.5) is 0 Å². The number of carbonyl (C=O) groups is 1. The van der Waals surface area contributed by atoms with Crippen LogP contribution >= 0.6 is 12.2 Å². The number of aromatic amines is 2. The normalized spacial score (nSPS) is 20.4. The highest BCUT2D eigenvalue weighted by Gasteiger charge is 2.22. The lowest BCUT2D eigenvalue weighted by Crippen LogP contribution is -2.38. The monoisotopic (exact) mass is 235 g/mol. The van der Waals surface area contributed by atoms with Crippen molar-refractivity contribution in [2.45, 2.75) is 12.5 Å². The average molecular weight is 235 g/mol. The first-order valence-corrected chi connectivity index (χ1v) is 4.51. The van der Waals surface area contributed by atoms with Crippen LogP contribution in [0.2, 0.25) is 0 Å². The van der Waals surface area contributed by atoms with E-state index in [-0.39, 0.29) is 16.1 Å². The molecule has 5 nitrogen and oxygen atoms in total. The molecule has 0 unspecified atom stereocenters. The van der Waals surface area contributed by atoms with E-state index >= 15 is 0 Å². The molecule has 0 spiro atoms. The Morgan fingerprint density at radius 3 is 3.00 bits per heavy atom. The minimum atomic E-state index is -2.99. The van der Waals surface area contributed by atoms with Gasteiger partial charge in [-0.25, -0.2) is 0 Å². The van der Waals surface area contributed by atoms with Crippen LogP contribution in [0.5, 0.6) is 0 Å². The van der Waals surface area contributed by atoms with Crippen LogP contribution in [0.15, 0.2) is 6.20 Å². The number of nitrogens with zero attached hydrogens (tertiary/aromatic N) is 1. The van der Waals surface area contributed by atoms with E-state index in [0.29, 0.717) is 5.69 Å². The molecule has 0 radical (unpaired) electrons. The van der Waals surface area contributed by atoms with Gasteiger partial charge in [0, 0.05) is 26.5 Å². The first-order chi connectivity index (χ1) is 9.46. The summed E-state index contributed by atoms with van der Waals surface area (Å²) in [7, 11) is 1.06. The molecule has 0 amide bonds. The third kappa shape index (κ3) is 3.17. The van der Waals surface area contributed by atoms with Crippen LogP contribution in [0.25, 0.3) is 0 Å². The lowest BCUT2D eigenvalue weighted by molar-refractivity contribution is -0.145. The summed E-state index contributed by atoms with van der Waals surface area (Å²) in [5, 5.41) is 0. The second kappa shape index (κ2) is 5.09. The Hall–Kier alpha value is -1.14. The van der Waals surface area contributed by atoms with Crippen molar-refractivity contribution in [1.82, 2.24) is 14.9 Å². The molecule has 0 aliphatic carbocycles. The van der Waals surface area contributed by atoms with Gasteiger partial charge in [0.1, 0.15) is 6.04 Å². The van der Waals surface area contributed by atoms with Gasteiger partial charge in [-0.2, -0.15) is 0 Å². The smallest absolute Gasteiger partial charge is 0.323 e. The van der Waals surface area contributed by atoms with Gasteiger partial charge in [-0.15, -0.1) is 0 Å². The Morgan fingerprint density at radius 1 is 1.80 bits per heavy atom. The summed E-state index contributed by atoms with van der Waals surface area (Å²) in [6.45, 7) is -5.98. The Labute approximate surface area is 102 Å². The molecule has 15 heavy (non-hydrogen) atoms. The second-order valence-electron chi connectivity index (χ2n) is 2.88. The Morgan fingerprint density at radius 2 is 2.53 bits per heavy atom. The van der Waals surface area contributed by atoms with Gasteiger partial charge in [-0.3, -0.25) is 9.69 Å². The maximum absolute atomic E-state index is 11.8. The molecule has 1 heterocycles. The number of hydrogen-bond donors (Lipinski definition) is 2. The lowest BCUT2D eigenvalue weighted by atomic mass is 10.1. The number of aromatic nitrogens is 2. The zero-order valence-electron chi connectivity index (χ0n) is 14.0. The van der Waals surface area contributed by atoms with Crippen LogP contribution < -0.4 is 0 Å². The summed E-state index contributed by atoms with van der Waals surface area (Å²) < 4.78 is 49.0. The van der Waals surface area contributed by atoms with E-state index in [0.717, 1.165) is 7.11 Å². The van der Waals surface area contributed by atoms with E-state index in [4.69, 9.17) is 20.4 Å². The quantitative estimate of drug-likeness (QED) is 0.596. The SMILES string of the molecule is [2H]C([2H])([2H])N([C@@H](Cc1c[nH]c(=S)[nH]1)C(=O)OC)C([2H])([2H])[2H]. The number of esters is 1. The van der Waals surface area contributed by atoms with Crippen LogP contribution in [0.3, 0.4) is 0 Å². The molecule has 0 bridgehead atoms. The Balaban J connectivity index is 3.21. The van der Waals surface area contributed by atoms with Crippen LogP contribution in [0.1, 0.15) is 13.9 Å². The van der Waals surface area contributed by atoms with Crippen molar-refractivity contribution in [2.24, 2.45) is 0 Å². The summed E-state index contributed by atoms with van der Waals surface area (Å²) in [5.74, 6) is -0.956. The largest absolute Gasteiger partial charge is 0.468 e. The molecule has 1 aromatic rings. The van der Waals surface area contributed by atoms with E-state index in [9.17, 15) is 4.79 Å². The van der Waals surface area contributed by atoms with Gasteiger partial charge in [0.2, 0.25) is 0 Å². The van der Waals surface area contributed by atoms with Crippen molar-refractivity contribution < 1.29 is 17.8 Å². The summed E-state index contributed by atoms with van der Waals surface area (Å²) in [4.78, 5) is 17.4. The van der Waals surface area contributed by atoms with E-state index in [1.165, 1.54) is 6.20 Å². The predicted octanol–water partition coefficient (Wildman–Crippen LogP) is 0.718. The second-order valence-corrected chi connectivity index (χ2v) is 3.29. The third-order valence-corrected chi connectivity index (χ3v) is 2.07. The first-order valence-electron chi connectivity index (χ1n) is 7.10. The van der Waals surface area contributed by atoms with Gasteiger partial charge < -0.3 is 14.7 Å². The standard InChI is InChI=1S/C9H15N3O2S/c1-12(2)7(8(13)14-3)4-6-5-10-9(15)11-6/h5,7H,4H2,1-3H3,(H2,10,11,15)/t7-/m0/s1/i1D3,2D3. The number of rotatable bonds is 4. The van der Waals surface area contributed by atoms with Crippen LogP contribution in [-0.4, -0.2) is 47.9 Å². The average Bonchev–Trinajstić information content (AvgIpc) is 2.69. The molecule has 0 saturated carbocycles. The predicted molar refractivity (Wildman–Crippen MR) is 59.2 cm³/mol. The molecule has 0 aliphatic heterocycles. The molecule has 1 rings (SSSR count). The highest BCUT2D eigenvalue weighted by atomic mass is 32.1. The fraction of sp³-hybridized carbons (Fsp3) is 0.556. The first kappa shape index (κ1) is 5.81. The number of methoxy groups -OCH3 is 1. The van der Waals surface area contributed by atoms with E-state index in [1.54, 1.807) is 0 Å². The highest BCUT2D eigenvalue weighted by molar-refractivity contribution is 7.71. The minimum Gasteiger partial charge on any atom is -0.468 e. The van der Waals surface area contributed by atoms with Crippen molar-refractivity contribution in [3.05, 3.63) is 16.7 Å². The summed E-state index contributed by atoms with van der Waals surface area (Å²) >= 11 is 4.83. The topological polar surface area (TPSA) is 61.1 Å². The van der Waals surface area contributed by atoms with E-state index in [2.05, 4.69) is 14.7 Å². The molecule has 0 saturated heterocycles. The van der Waals surface area contributed by atoms with Crippen molar-refractivity contribution in [3.63, 3.8) is 0 Å². The number of hydrogen-bond acceptors (Lipinski definition) is 4. The zero-order chi connectivity index (χ0) is 16.4. The maximum atomic E-state index is 11.8. The van der Waals surface area contributed by atoms with Gasteiger partial charge in [0.25, 0.3) is 0 Å². The number of H-pyrrole nitrogens is 2. The highest BCUT2D eigenvalue weighted by Crippen LogP contribution is 2.05. The molecular formula is C9H15N3O2S. The van der Waals surface area contributed by atoms with E-state index < -0.39 is 26.0 Å². The van der Waals surface area contributed by atoms with Gasteiger partial charge >= 0.3 is 5.97 Å². The van der Waals surface area contributed by atoms with Crippen molar-refractivity contribution in [2.75, 3.05) is 21.1 Å². The molecule has 1 atom stereocenters. The van der Waals surface area contributed by atoms with Gasteiger partial charge in [-0.1, -0.05) is 0 Å². The molecule has 2 N–H and O–H groups in total. The van der Waals surface area contributed by atoms with Crippen LogP contribution in [0, 0.1) is 4.77 Å². The fourth-order valence-corrected chi connectivity index (χ4v) is 1.30. The number of ether oxygens (including phenoxy) is 1. The molecule has 0 aliphatic rings. The Bertz CT molecular complexity index is 535. The van der Waals surface area contributed by atoms with Gasteiger partial charge in [0.05, 0.1) is 7.11 Å². The number of carbonyl (C=O) groups excluding carboxylic acids is 1. The van der Waals surface area contributed by atoms with Gasteiger partial charge in [-0.05, 0) is 26.2 Å². The lowest BCUT2D eigenvalue weighted by Gasteiger charge is -2.20. The maximum Gasteiger partial charge on any atom is 0.323 e. The van der Waals surface area contributed by atoms with E-state index in [1.807, 2.05) is 0 Å². The number of likely N-dealkylation sites (N-methyl/N-ethyl adjacent to an activating group) is 1. The summed E-state index contributed by atoms with van der Waals surface area (Å²) in [6, 6.07) is -1.50. The van der Waals surface area contributed by atoms with Gasteiger partial charge in [0.15, 0.2) is 4.77 Å². The van der Waals surface area contributed by atoms with Crippen molar-refractivity contribution in [1.29, 1.82) is 0 Å². The summed E-state index contributed by atoms with van der Waals surface area (Å²) in [5.41, 5.74) is 0.397. The minimum absolute atomic E-state index is 0.190.